The number of fused-ring (bicyclic) bond motifs is 1. The van der Waals surface area contributed by atoms with Gasteiger partial charge >= 0.3 is 0 Å². The molecule has 2 aliphatic heterocycles. The maximum atomic E-state index is 12.4. The second-order valence-corrected chi connectivity index (χ2v) is 8.78. The Morgan fingerprint density at radius 2 is 1.66 bits per heavy atom. The van der Waals surface area contributed by atoms with Gasteiger partial charge in [-0.25, -0.2) is 4.68 Å². The monoisotopic (exact) mass is 451 g/mol. The highest BCUT2D eigenvalue weighted by atomic mass is 35.5. The fourth-order valence-corrected chi connectivity index (χ4v) is 4.90. The zero-order chi connectivity index (χ0) is 22.1. The van der Waals surface area contributed by atoms with E-state index in [1.54, 1.807) is 16.8 Å². The lowest BCUT2D eigenvalue weighted by Crippen LogP contribution is -2.33. The van der Waals surface area contributed by atoms with Crippen molar-refractivity contribution in [3.05, 3.63) is 64.9 Å². The van der Waals surface area contributed by atoms with Gasteiger partial charge in [0.15, 0.2) is 5.69 Å². The molecule has 3 aromatic rings. The Balaban J connectivity index is 1.46. The number of nitrogens with one attached hydrogen (secondary N) is 2. The Morgan fingerprint density at radius 3 is 2.31 bits per heavy atom. The number of nitrogens with zero attached hydrogens (tertiary/aromatic N) is 2. The topological polar surface area (TPSA) is 94.2 Å². The van der Waals surface area contributed by atoms with E-state index < -0.39 is 5.91 Å². The fraction of sp³-hybridized carbons (Fsp3) is 0.333. The number of anilines is 1. The standard InChI is InChI=1S/C24H26ClN5O2/c25-16-1-5-18(6-2-16)32-19-7-3-17(4-8-19)30-23(24(26)31)22-21(29-30)20(11-14-28-22)15-9-12-27-13-10-15/h1-8,15,20,27-28H,9-14H2,(H2,26,31). The van der Waals surface area contributed by atoms with Gasteiger partial charge in [0.1, 0.15) is 11.5 Å². The Labute approximate surface area is 191 Å². The second-order valence-electron chi connectivity index (χ2n) is 8.34. The molecule has 32 heavy (non-hydrogen) atoms. The third-order valence-corrected chi connectivity index (χ3v) is 6.59. The van der Waals surface area contributed by atoms with Crippen LogP contribution in [0.15, 0.2) is 48.5 Å². The molecule has 3 heterocycles. The van der Waals surface area contributed by atoms with E-state index in [0.29, 0.717) is 34.1 Å². The summed E-state index contributed by atoms with van der Waals surface area (Å²) in [4.78, 5) is 12.4. The van der Waals surface area contributed by atoms with Crippen LogP contribution in [0.1, 0.15) is 41.4 Å². The lowest BCUT2D eigenvalue weighted by Gasteiger charge is -2.33. The molecule has 0 radical (unpaired) electrons. The van der Waals surface area contributed by atoms with Crippen LogP contribution in [0.2, 0.25) is 5.02 Å². The van der Waals surface area contributed by atoms with Crippen molar-refractivity contribution in [3.8, 4) is 17.2 Å². The first-order valence-corrected chi connectivity index (χ1v) is 11.4. The molecule has 7 nitrogen and oxygen atoms in total. The molecule has 0 spiro atoms. The Morgan fingerprint density at radius 1 is 1.00 bits per heavy atom. The number of piperidine rings is 1. The van der Waals surface area contributed by atoms with E-state index in [-0.39, 0.29) is 0 Å². The molecule has 4 N–H and O–H groups in total. The normalized spacial score (nSPS) is 18.6. The highest BCUT2D eigenvalue weighted by molar-refractivity contribution is 6.30. The predicted octanol–water partition coefficient (Wildman–Crippen LogP) is 4.32. The van der Waals surface area contributed by atoms with Crippen LogP contribution in [0.4, 0.5) is 5.69 Å². The molecule has 1 fully saturated rings. The highest BCUT2D eigenvalue weighted by Crippen LogP contribution is 2.41. The molecule has 8 heteroatoms. The minimum atomic E-state index is -0.487. The van der Waals surface area contributed by atoms with Gasteiger partial charge in [0.05, 0.1) is 17.1 Å². The van der Waals surface area contributed by atoms with Gasteiger partial charge in [-0.15, -0.1) is 0 Å². The summed E-state index contributed by atoms with van der Waals surface area (Å²) in [6, 6.07) is 14.7. The molecule has 1 unspecified atom stereocenters. The second kappa shape index (κ2) is 8.84. The molecule has 1 saturated heterocycles. The molecule has 0 saturated carbocycles. The first kappa shape index (κ1) is 20.8. The first-order chi connectivity index (χ1) is 15.6. The van der Waals surface area contributed by atoms with E-state index in [4.69, 9.17) is 27.2 Å². The van der Waals surface area contributed by atoms with Crippen molar-refractivity contribution in [1.82, 2.24) is 15.1 Å². The van der Waals surface area contributed by atoms with Crippen LogP contribution >= 0.6 is 11.6 Å². The van der Waals surface area contributed by atoms with Crippen molar-refractivity contribution in [2.75, 3.05) is 25.0 Å². The number of aromatic nitrogens is 2. The number of nitrogens with two attached hydrogens (primary N) is 1. The smallest absolute Gasteiger partial charge is 0.269 e. The minimum absolute atomic E-state index is 0.334. The van der Waals surface area contributed by atoms with Gasteiger partial charge in [0.2, 0.25) is 0 Å². The zero-order valence-corrected chi connectivity index (χ0v) is 18.4. The number of halogens is 1. The Bertz CT molecular complexity index is 1100. The van der Waals surface area contributed by atoms with Crippen molar-refractivity contribution in [3.63, 3.8) is 0 Å². The van der Waals surface area contributed by atoms with Crippen LogP contribution in [0, 0.1) is 5.92 Å². The molecular formula is C24H26ClN5O2. The molecule has 0 bridgehead atoms. The van der Waals surface area contributed by atoms with E-state index in [2.05, 4.69) is 10.6 Å². The van der Waals surface area contributed by atoms with Gasteiger partial charge < -0.3 is 21.1 Å². The third kappa shape index (κ3) is 4.06. The molecule has 0 aliphatic carbocycles. The number of amides is 1. The number of benzene rings is 2. The lowest BCUT2D eigenvalue weighted by molar-refractivity contribution is 0.0993. The number of hydrogen-bond donors (Lipinski definition) is 3. The zero-order valence-electron chi connectivity index (χ0n) is 17.7. The molecular weight excluding hydrogens is 426 g/mol. The summed E-state index contributed by atoms with van der Waals surface area (Å²) in [6.07, 6.45) is 3.26. The number of carbonyl (C=O) groups is 1. The molecule has 1 aromatic heterocycles. The van der Waals surface area contributed by atoms with Crippen molar-refractivity contribution in [1.29, 1.82) is 0 Å². The molecule has 1 amide bonds. The lowest BCUT2D eigenvalue weighted by atomic mass is 9.79. The maximum absolute atomic E-state index is 12.4. The summed E-state index contributed by atoms with van der Waals surface area (Å²) in [5, 5.41) is 12.4. The van der Waals surface area contributed by atoms with Crippen LogP contribution in [-0.2, 0) is 0 Å². The predicted molar refractivity (Wildman–Crippen MR) is 125 cm³/mol. The number of hydrogen-bond acceptors (Lipinski definition) is 5. The summed E-state index contributed by atoms with van der Waals surface area (Å²) < 4.78 is 7.55. The van der Waals surface area contributed by atoms with Gasteiger partial charge in [-0.05, 0) is 86.8 Å². The number of ether oxygens (including phenoxy) is 1. The van der Waals surface area contributed by atoms with Crippen molar-refractivity contribution < 1.29 is 9.53 Å². The van der Waals surface area contributed by atoms with Crippen molar-refractivity contribution >= 4 is 23.2 Å². The van der Waals surface area contributed by atoms with Crippen LogP contribution in [0.5, 0.6) is 11.5 Å². The van der Waals surface area contributed by atoms with Crippen LogP contribution in [0.3, 0.4) is 0 Å². The highest BCUT2D eigenvalue weighted by Gasteiger charge is 2.35. The fourth-order valence-electron chi connectivity index (χ4n) is 4.77. The first-order valence-electron chi connectivity index (χ1n) is 11.0. The summed E-state index contributed by atoms with van der Waals surface area (Å²) >= 11 is 5.94. The minimum Gasteiger partial charge on any atom is -0.457 e. The SMILES string of the molecule is NC(=O)c1c2c(nn1-c1ccc(Oc3ccc(Cl)cc3)cc1)C(C1CCNCC1)CCN2. The Kier molecular flexibility index (Phi) is 5.76. The number of primary amides is 1. The molecule has 5 rings (SSSR count). The van der Waals surface area contributed by atoms with Gasteiger partial charge in [-0.2, -0.15) is 5.10 Å². The van der Waals surface area contributed by atoms with E-state index in [1.165, 1.54) is 0 Å². The average molecular weight is 452 g/mol. The number of carbonyl (C=O) groups excluding carboxylic acids is 1. The van der Waals surface area contributed by atoms with E-state index in [1.807, 2.05) is 36.4 Å². The van der Waals surface area contributed by atoms with Crippen molar-refractivity contribution in [2.24, 2.45) is 11.7 Å². The quantitative estimate of drug-likeness (QED) is 0.537. The Hall–Kier alpha value is -3.03. The number of rotatable bonds is 5. The van der Waals surface area contributed by atoms with Gasteiger partial charge in [0.25, 0.3) is 5.91 Å². The summed E-state index contributed by atoms with van der Waals surface area (Å²) in [5.41, 5.74) is 8.72. The van der Waals surface area contributed by atoms with E-state index in [9.17, 15) is 4.79 Å². The van der Waals surface area contributed by atoms with Gasteiger partial charge in [-0.3, -0.25) is 4.79 Å². The summed E-state index contributed by atoms with van der Waals surface area (Å²) in [5.74, 6) is 1.79. The molecule has 1 atom stereocenters. The van der Waals surface area contributed by atoms with Crippen LogP contribution in [-0.4, -0.2) is 35.3 Å². The van der Waals surface area contributed by atoms with E-state index in [0.717, 1.165) is 56.0 Å². The summed E-state index contributed by atoms with van der Waals surface area (Å²) in [6.45, 7) is 2.88. The van der Waals surface area contributed by atoms with Crippen molar-refractivity contribution in [2.45, 2.75) is 25.2 Å². The largest absolute Gasteiger partial charge is 0.457 e. The third-order valence-electron chi connectivity index (χ3n) is 6.34. The summed E-state index contributed by atoms with van der Waals surface area (Å²) in [7, 11) is 0. The maximum Gasteiger partial charge on any atom is 0.269 e. The van der Waals surface area contributed by atoms with Crippen LogP contribution < -0.4 is 21.1 Å². The van der Waals surface area contributed by atoms with Gasteiger partial charge in [-0.1, -0.05) is 11.6 Å². The van der Waals surface area contributed by atoms with Gasteiger partial charge in [0, 0.05) is 17.5 Å². The molecule has 166 valence electrons. The molecule has 2 aromatic carbocycles. The van der Waals surface area contributed by atoms with E-state index >= 15 is 0 Å². The molecule has 2 aliphatic rings. The van der Waals surface area contributed by atoms with Crippen LogP contribution in [0.25, 0.3) is 5.69 Å². The average Bonchev–Trinajstić information content (AvgIpc) is 3.22.